The maximum absolute atomic E-state index is 12.8. The molecule has 0 unspecified atom stereocenters. The van der Waals surface area contributed by atoms with Crippen molar-refractivity contribution in [3.8, 4) is 0 Å². The van der Waals surface area contributed by atoms with E-state index >= 15 is 0 Å². The number of nitrogens with zero attached hydrogens (tertiary/aromatic N) is 2. The summed E-state index contributed by atoms with van der Waals surface area (Å²) in [5.41, 5.74) is 0.503. The van der Waals surface area contributed by atoms with Gasteiger partial charge in [-0.3, -0.25) is 4.79 Å². The molecular formula is C17H19FN2O4S2. The van der Waals surface area contributed by atoms with Crippen LogP contribution in [0.1, 0.15) is 35.5 Å². The number of hydrogen-bond acceptors (Lipinski definition) is 7. The predicted octanol–water partition coefficient (Wildman–Crippen LogP) is 2.94. The Hall–Kier alpha value is -1.74. The van der Waals surface area contributed by atoms with Crippen LogP contribution in [0.25, 0.3) is 0 Å². The van der Waals surface area contributed by atoms with Crippen LogP contribution in [0.15, 0.2) is 33.9 Å². The molecule has 1 atom stereocenters. The summed E-state index contributed by atoms with van der Waals surface area (Å²) < 4.78 is 41.3. The Labute approximate surface area is 155 Å². The lowest BCUT2D eigenvalue weighted by molar-refractivity contribution is 0.0982. The summed E-state index contributed by atoms with van der Waals surface area (Å²) in [6.07, 6.45) is 2.12. The van der Waals surface area contributed by atoms with Crippen molar-refractivity contribution < 1.29 is 22.0 Å². The van der Waals surface area contributed by atoms with Crippen LogP contribution in [0.3, 0.4) is 0 Å². The highest BCUT2D eigenvalue weighted by molar-refractivity contribution is 7.99. The Morgan fingerprint density at radius 2 is 2.04 bits per heavy atom. The first-order valence-electron chi connectivity index (χ1n) is 8.36. The van der Waals surface area contributed by atoms with Gasteiger partial charge < -0.3 is 4.42 Å². The summed E-state index contributed by atoms with van der Waals surface area (Å²) in [7, 11) is -2.91. The molecule has 0 amide bonds. The Bertz CT molecular complexity index is 865. The van der Waals surface area contributed by atoms with E-state index in [0.717, 1.165) is 0 Å². The van der Waals surface area contributed by atoms with Gasteiger partial charge in [0.15, 0.2) is 15.6 Å². The number of benzene rings is 1. The molecule has 0 aliphatic carbocycles. The molecule has 1 aromatic heterocycles. The van der Waals surface area contributed by atoms with Crippen molar-refractivity contribution in [1.29, 1.82) is 0 Å². The molecule has 3 rings (SSSR count). The monoisotopic (exact) mass is 398 g/mol. The molecule has 1 aliphatic rings. The van der Waals surface area contributed by atoms with Gasteiger partial charge in [-0.25, -0.2) is 12.8 Å². The topological polar surface area (TPSA) is 90.1 Å². The van der Waals surface area contributed by atoms with Crippen LogP contribution in [0.5, 0.6) is 0 Å². The van der Waals surface area contributed by atoms with Crippen LogP contribution in [-0.2, 0) is 16.3 Å². The highest BCUT2D eigenvalue weighted by atomic mass is 32.2. The molecule has 2 aromatic rings. The van der Waals surface area contributed by atoms with Crippen LogP contribution >= 0.6 is 11.8 Å². The number of aromatic nitrogens is 2. The Morgan fingerprint density at radius 3 is 2.73 bits per heavy atom. The molecule has 26 heavy (non-hydrogen) atoms. The van der Waals surface area contributed by atoms with Crippen LogP contribution in [0.4, 0.5) is 4.39 Å². The minimum absolute atomic E-state index is 0.0285. The number of hydrogen-bond donors (Lipinski definition) is 0. The minimum atomic E-state index is -2.91. The average molecular weight is 398 g/mol. The maximum Gasteiger partial charge on any atom is 0.276 e. The summed E-state index contributed by atoms with van der Waals surface area (Å²) >= 11 is 1.37. The predicted molar refractivity (Wildman–Crippen MR) is 95.5 cm³/mol. The number of thioether (sulfide) groups is 1. The average Bonchev–Trinajstić information content (AvgIpc) is 3.18. The second-order valence-electron chi connectivity index (χ2n) is 6.32. The van der Waals surface area contributed by atoms with E-state index in [1.54, 1.807) is 0 Å². The van der Waals surface area contributed by atoms with Gasteiger partial charge in [0, 0.05) is 24.2 Å². The van der Waals surface area contributed by atoms with Gasteiger partial charge in [0.1, 0.15) is 5.82 Å². The fourth-order valence-electron chi connectivity index (χ4n) is 2.83. The second-order valence-corrected chi connectivity index (χ2v) is 9.59. The number of sulfone groups is 1. The van der Waals surface area contributed by atoms with E-state index in [9.17, 15) is 17.6 Å². The lowest BCUT2D eigenvalue weighted by Gasteiger charge is -2.02. The Balaban J connectivity index is 1.39. The summed E-state index contributed by atoms with van der Waals surface area (Å²) in [6, 6.07) is 5.52. The largest absolute Gasteiger partial charge is 0.416 e. The van der Waals surface area contributed by atoms with Crippen molar-refractivity contribution in [1.82, 2.24) is 10.2 Å². The summed E-state index contributed by atoms with van der Waals surface area (Å²) in [5, 5.41) is 8.34. The highest BCUT2D eigenvalue weighted by Gasteiger charge is 2.29. The Morgan fingerprint density at radius 1 is 1.27 bits per heavy atom. The molecule has 1 fully saturated rings. The van der Waals surface area contributed by atoms with Gasteiger partial charge in [0.25, 0.3) is 5.22 Å². The van der Waals surface area contributed by atoms with E-state index < -0.39 is 9.84 Å². The summed E-state index contributed by atoms with van der Waals surface area (Å²) in [6.45, 7) is 0. The van der Waals surface area contributed by atoms with Crippen molar-refractivity contribution >= 4 is 27.4 Å². The molecule has 9 heteroatoms. The first kappa shape index (κ1) is 19.0. The van der Waals surface area contributed by atoms with Crippen molar-refractivity contribution in [2.24, 2.45) is 5.92 Å². The smallest absolute Gasteiger partial charge is 0.276 e. The zero-order valence-corrected chi connectivity index (χ0v) is 15.7. The molecule has 0 saturated carbocycles. The zero-order valence-electron chi connectivity index (χ0n) is 14.1. The van der Waals surface area contributed by atoms with E-state index in [2.05, 4.69) is 10.2 Å². The third kappa shape index (κ3) is 5.38. The van der Waals surface area contributed by atoms with Gasteiger partial charge in [-0.15, -0.1) is 10.2 Å². The van der Waals surface area contributed by atoms with Gasteiger partial charge >= 0.3 is 0 Å². The van der Waals surface area contributed by atoms with Crippen LogP contribution in [-0.4, -0.2) is 41.7 Å². The van der Waals surface area contributed by atoms with Crippen molar-refractivity contribution in [3.63, 3.8) is 0 Å². The third-order valence-electron chi connectivity index (χ3n) is 4.18. The zero-order chi connectivity index (χ0) is 18.6. The minimum Gasteiger partial charge on any atom is -0.416 e. The molecule has 140 valence electrons. The maximum atomic E-state index is 12.8. The summed E-state index contributed by atoms with van der Waals surface area (Å²) in [4.78, 5) is 12.0. The van der Waals surface area contributed by atoms with E-state index in [4.69, 9.17) is 4.42 Å². The fourth-order valence-corrected chi connectivity index (χ4v) is 5.41. The molecular weight excluding hydrogens is 379 g/mol. The third-order valence-corrected chi connectivity index (χ3v) is 6.92. The first-order chi connectivity index (χ1) is 12.4. The molecule has 0 bridgehead atoms. The molecule has 0 radical (unpaired) electrons. The SMILES string of the molecule is O=C(CCCSc1nnc(C[C@@H]2CCS(=O)(=O)C2)o1)c1ccc(F)cc1. The normalized spacial score (nSPS) is 18.9. The highest BCUT2D eigenvalue weighted by Crippen LogP contribution is 2.24. The number of carbonyl (C=O) groups excluding carboxylic acids is 1. The Kier molecular flexibility index (Phi) is 6.08. The number of halogens is 1. The van der Waals surface area contributed by atoms with Gasteiger partial charge in [-0.1, -0.05) is 11.8 Å². The molecule has 0 N–H and O–H groups in total. The molecule has 1 aromatic carbocycles. The van der Waals surface area contributed by atoms with E-state index in [0.29, 0.717) is 48.1 Å². The lowest BCUT2D eigenvalue weighted by atomic mass is 10.1. The fraction of sp³-hybridized carbons (Fsp3) is 0.471. The van der Waals surface area contributed by atoms with Crippen LogP contribution in [0.2, 0.25) is 0 Å². The lowest BCUT2D eigenvalue weighted by Crippen LogP contribution is -2.07. The molecule has 6 nitrogen and oxygen atoms in total. The molecule has 1 aliphatic heterocycles. The van der Waals surface area contributed by atoms with Crippen LogP contribution in [0, 0.1) is 11.7 Å². The van der Waals surface area contributed by atoms with Crippen molar-refractivity contribution in [2.75, 3.05) is 17.3 Å². The first-order valence-corrected chi connectivity index (χ1v) is 11.2. The van der Waals surface area contributed by atoms with Gasteiger partial charge in [0.05, 0.1) is 11.5 Å². The van der Waals surface area contributed by atoms with Crippen molar-refractivity contribution in [3.05, 3.63) is 41.5 Å². The summed E-state index contributed by atoms with van der Waals surface area (Å²) in [5.74, 6) is 1.17. The van der Waals surface area contributed by atoms with E-state index in [-0.39, 0.29) is 29.0 Å². The van der Waals surface area contributed by atoms with E-state index in [1.165, 1.54) is 36.0 Å². The molecule has 1 saturated heterocycles. The number of carbonyl (C=O) groups is 1. The molecule has 0 spiro atoms. The van der Waals surface area contributed by atoms with Crippen molar-refractivity contribution in [2.45, 2.75) is 30.9 Å². The number of rotatable bonds is 8. The second kappa shape index (κ2) is 8.30. The quantitative estimate of drug-likeness (QED) is 0.384. The van der Waals surface area contributed by atoms with Crippen LogP contribution < -0.4 is 0 Å². The van der Waals surface area contributed by atoms with Gasteiger partial charge in [-0.2, -0.15) is 0 Å². The van der Waals surface area contributed by atoms with E-state index in [1.807, 2.05) is 0 Å². The number of Topliss-reactive ketones (excluding diaryl/α,β-unsaturated/α-hetero) is 1. The number of ketones is 1. The molecule has 2 heterocycles. The van der Waals surface area contributed by atoms with Gasteiger partial charge in [0.2, 0.25) is 5.89 Å². The van der Waals surface area contributed by atoms with Gasteiger partial charge in [-0.05, 0) is 43.0 Å². The standard InChI is InChI=1S/C17H19FN2O4S2/c18-14-5-3-13(4-6-14)15(21)2-1-8-25-17-20-19-16(24-17)10-12-7-9-26(22,23)11-12/h3-6,12H,1-2,7-11H2/t12-/m0/s1.